The lowest BCUT2D eigenvalue weighted by Gasteiger charge is -2.29. The summed E-state index contributed by atoms with van der Waals surface area (Å²) in [5, 5.41) is 6.35. The van der Waals surface area contributed by atoms with Gasteiger partial charge in [-0.1, -0.05) is 0 Å². The zero-order chi connectivity index (χ0) is 19.6. The first-order valence-electron chi connectivity index (χ1n) is 9.61. The number of hydrogen-bond acceptors (Lipinski definition) is 5. The molecule has 0 aromatic heterocycles. The fourth-order valence-electron chi connectivity index (χ4n) is 2.98. The molecule has 1 aliphatic heterocycles. The summed E-state index contributed by atoms with van der Waals surface area (Å²) in [6.07, 6.45) is 0. The molecule has 0 amide bonds. The van der Waals surface area contributed by atoms with E-state index >= 15 is 0 Å². The summed E-state index contributed by atoms with van der Waals surface area (Å²) >= 11 is 1.81. The van der Waals surface area contributed by atoms with E-state index in [9.17, 15) is 8.42 Å². The molecule has 0 aromatic rings. The van der Waals surface area contributed by atoms with Crippen LogP contribution in [0.2, 0.25) is 0 Å². The van der Waals surface area contributed by atoms with Crippen LogP contribution in [0.3, 0.4) is 0 Å². The van der Waals surface area contributed by atoms with E-state index in [1.165, 1.54) is 0 Å². The Morgan fingerprint density at radius 3 is 2.31 bits per heavy atom. The Labute approximate surface area is 164 Å². The molecule has 1 heterocycles. The van der Waals surface area contributed by atoms with Gasteiger partial charge in [0.1, 0.15) is 0 Å². The molecule has 0 aromatic carbocycles. The summed E-state index contributed by atoms with van der Waals surface area (Å²) in [6.45, 7) is 14.7. The van der Waals surface area contributed by atoms with Crippen LogP contribution in [0.5, 0.6) is 0 Å². The van der Waals surface area contributed by atoms with Gasteiger partial charge in [0.05, 0.1) is 12.3 Å². The Morgan fingerprint density at radius 1 is 1.15 bits per heavy atom. The van der Waals surface area contributed by atoms with Gasteiger partial charge >= 0.3 is 0 Å². The zero-order valence-electron chi connectivity index (χ0n) is 17.0. The Kier molecular flexibility index (Phi) is 10.9. The summed E-state index contributed by atoms with van der Waals surface area (Å²) in [5.41, 5.74) is 0. The van der Waals surface area contributed by atoms with Crippen LogP contribution in [-0.2, 0) is 10.0 Å². The van der Waals surface area contributed by atoms with Crippen LogP contribution in [0.25, 0.3) is 0 Å². The monoisotopic (exact) mass is 407 g/mol. The Balaban J connectivity index is 2.48. The Bertz CT molecular complexity index is 509. The fourth-order valence-corrected chi connectivity index (χ4v) is 5.48. The second kappa shape index (κ2) is 12.0. The molecule has 1 aliphatic rings. The molecule has 154 valence electrons. The quantitative estimate of drug-likeness (QED) is 0.416. The van der Waals surface area contributed by atoms with Gasteiger partial charge in [0.15, 0.2) is 5.96 Å². The van der Waals surface area contributed by atoms with Crippen molar-refractivity contribution in [1.29, 1.82) is 0 Å². The van der Waals surface area contributed by atoms with Crippen molar-refractivity contribution in [1.82, 2.24) is 19.8 Å². The lowest BCUT2D eigenvalue weighted by molar-refractivity contribution is 0.181. The molecule has 0 aliphatic carbocycles. The smallest absolute Gasteiger partial charge is 0.215 e. The summed E-state index contributed by atoms with van der Waals surface area (Å²) < 4.78 is 26.4. The van der Waals surface area contributed by atoms with Crippen LogP contribution in [0.4, 0.5) is 0 Å². The number of nitrogens with one attached hydrogen (secondary N) is 2. The highest BCUT2D eigenvalue weighted by molar-refractivity contribution is 7.99. The van der Waals surface area contributed by atoms with E-state index in [-0.39, 0.29) is 5.75 Å². The number of hydrogen-bond donors (Lipinski definition) is 2. The van der Waals surface area contributed by atoms with E-state index in [4.69, 9.17) is 0 Å². The van der Waals surface area contributed by atoms with Crippen molar-refractivity contribution in [3.05, 3.63) is 0 Å². The molecule has 9 heteroatoms. The largest absolute Gasteiger partial charge is 0.357 e. The average Bonchev–Trinajstić information content (AvgIpc) is 2.58. The van der Waals surface area contributed by atoms with Gasteiger partial charge in [-0.25, -0.2) is 12.7 Å². The highest BCUT2D eigenvalue weighted by Gasteiger charge is 2.23. The summed E-state index contributed by atoms with van der Waals surface area (Å²) in [4.78, 5) is 6.99. The summed E-state index contributed by atoms with van der Waals surface area (Å²) in [5.74, 6) is 2.56. The van der Waals surface area contributed by atoms with E-state index < -0.39 is 10.0 Å². The van der Waals surface area contributed by atoms with Crippen LogP contribution in [0, 0.1) is 0 Å². The average molecular weight is 408 g/mol. The number of guanidine groups is 1. The van der Waals surface area contributed by atoms with Gasteiger partial charge in [-0.15, -0.1) is 0 Å². The number of thioether (sulfide) groups is 1. The van der Waals surface area contributed by atoms with E-state index in [1.807, 2.05) is 18.7 Å². The minimum absolute atomic E-state index is 0.103. The molecule has 0 unspecified atom stereocenters. The van der Waals surface area contributed by atoms with E-state index in [0.717, 1.165) is 24.6 Å². The minimum atomic E-state index is -3.18. The molecule has 2 N–H and O–H groups in total. The maximum absolute atomic E-state index is 12.4. The number of nitrogens with zero attached hydrogens (tertiary/aromatic N) is 3. The molecule has 7 nitrogen and oxygen atoms in total. The molecule has 1 fully saturated rings. The van der Waals surface area contributed by atoms with E-state index in [2.05, 4.69) is 48.2 Å². The number of sulfonamides is 1. The van der Waals surface area contributed by atoms with Gasteiger partial charge in [-0.05, 0) is 34.6 Å². The third-order valence-electron chi connectivity index (χ3n) is 4.31. The molecular weight excluding hydrogens is 370 g/mol. The van der Waals surface area contributed by atoms with Gasteiger partial charge in [-0.2, -0.15) is 11.8 Å². The molecule has 1 rings (SSSR count). The van der Waals surface area contributed by atoms with Gasteiger partial charge < -0.3 is 10.6 Å². The molecule has 0 atom stereocenters. The van der Waals surface area contributed by atoms with Crippen molar-refractivity contribution < 1.29 is 8.42 Å². The lowest BCUT2D eigenvalue weighted by Crippen LogP contribution is -2.44. The normalized spacial score (nSPS) is 17.3. The molecule has 26 heavy (non-hydrogen) atoms. The summed E-state index contributed by atoms with van der Waals surface area (Å²) in [7, 11) is -3.18. The van der Waals surface area contributed by atoms with Crippen LogP contribution < -0.4 is 10.6 Å². The van der Waals surface area contributed by atoms with E-state index in [0.29, 0.717) is 44.2 Å². The molecule has 0 saturated carbocycles. The Hall–Kier alpha value is -0.510. The molecule has 0 bridgehead atoms. The number of aliphatic imine (C=N–C) groups is 1. The van der Waals surface area contributed by atoms with Crippen molar-refractivity contribution in [2.45, 2.75) is 46.7 Å². The summed E-state index contributed by atoms with van der Waals surface area (Å²) in [6, 6.07) is 0.960. The predicted molar refractivity (Wildman–Crippen MR) is 114 cm³/mol. The van der Waals surface area contributed by atoms with E-state index in [1.54, 1.807) is 4.31 Å². The molecule has 0 radical (unpaired) electrons. The second-order valence-electron chi connectivity index (χ2n) is 6.94. The first kappa shape index (κ1) is 23.5. The van der Waals surface area contributed by atoms with Crippen LogP contribution in [0.1, 0.15) is 34.6 Å². The van der Waals surface area contributed by atoms with Crippen LogP contribution in [-0.4, -0.2) is 92.2 Å². The van der Waals surface area contributed by atoms with Gasteiger partial charge in [-0.3, -0.25) is 9.89 Å². The standard InChI is InChI=1S/C17H37N5O2S2/c1-6-18-17(19-7-9-22(15(2)3)16(4)5)20-8-14-26(23,24)21-10-12-25-13-11-21/h15-16H,6-14H2,1-5H3,(H2,18,19,20). The highest BCUT2D eigenvalue weighted by atomic mass is 32.2. The minimum Gasteiger partial charge on any atom is -0.357 e. The predicted octanol–water partition coefficient (Wildman–Crippen LogP) is 1.04. The molecule has 1 saturated heterocycles. The van der Waals surface area contributed by atoms with Crippen molar-refractivity contribution >= 4 is 27.7 Å². The topological polar surface area (TPSA) is 77.0 Å². The first-order valence-corrected chi connectivity index (χ1v) is 12.4. The lowest BCUT2D eigenvalue weighted by atomic mass is 10.2. The highest BCUT2D eigenvalue weighted by Crippen LogP contribution is 2.13. The third kappa shape index (κ3) is 8.45. The molecular formula is C17H37N5O2S2. The Morgan fingerprint density at radius 2 is 1.77 bits per heavy atom. The first-order chi connectivity index (χ1) is 12.3. The van der Waals surface area contributed by atoms with Crippen molar-refractivity contribution in [3.63, 3.8) is 0 Å². The van der Waals surface area contributed by atoms with Crippen LogP contribution in [0.15, 0.2) is 4.99 Å². The second-order valence-corrected chi connectivity index (χ2v) is 10.3. The molecule has 0 spiro atoms. The van der Waals surface area contributed by atoms with Crippen molar-refractivity contribution in [2.24, 2.45) is 4.99 Å². The van der Waals surface area contributed by atoms with Gasteiger partial charge in [0.2, 0.25) is 10.0 Å². The van der Waals surface area contributed by atoms with Gasteiger partial charge in [0, 0.05) is 56.3 Å². The third-order valence-corrected chi connectivity index (χ3v) is 7.13. The van der Waals surface area contributed by atoms with Crippen molar-refractivity contribution in [3.8, 4) is 0 Å². The maximum atomic E-state index is 12.4. The maximum Gasteiger partial charge on any atom is 0.215 e. The van der Waals surface area contributed by atoms with Gasteiger partial charge in [0.25, 0.3) is 0 Å². The zero-order valence-corrected chi connectivity index (χ0v) is 18.6. The fraction of sp³-hybridized carbons (Fsp3) is 0.941. The van der Waals surface area contributed by atoms with Crippen LogP contribution >= 0.6 is 11.8 Å². The SMILES string of the molecule is CCNC(=NCCN(C(C)C)C(C)C)NCCS(=O)(=O)N1CCSCC1. The van der Waals surface area contributed by atoms with Crippen molar-refractivity contribution in [2.75, 3.05) is 56.5 Å². The number of rotatable bonds is 10.